The summed E-state index contributed by atoms with van der Waals surface area (Å²) in [6.07, 6.45) is 9.77. The number of likely N-dealkylation sites (tertiary alicyclic amines) is 1. The van der Waals surface area contributed by atoms with E-state index in [1.807, 2.05) is 45.6 Å². The predicted octanol–water partition coefficient (Wildman–Crippen LogP) is 5.28. The molecule has 7 nitrogen and oxygen atoms in total. The minimum Gasteiger partial charge on any atom is -0.489 e. The fourth-order valence-electron chi connectivity index (χ4n) is 5.51. The molecular weight excluding hydrogens is 508 g/mol. The SMILES string of the molecule is CS(=O)N1c2ccc(C(=O)N3CCC(c4nc5c([nH]4)CCC=C5)CC3)cc2OCC1c1ccc(Cl)cc1. The number of amides is 1. The predicted molar refractivity (Wildman–Crippen MR) is 146 cm³/mol. The van der Waals surface area contributed by atoms with Crippen molar-refractivity contribution in [3.63, 3.8) is 0 Å². The molecule has 1 N–H and O–H groups in total. The molecular formula is C28H29ClN4O3S. The van der Waals surface area contributed by atoms with E-state index in [1.165, 1.54) is 5.69 Å². The third-order valence-electron chi connectivity index (χ3n) is 7.49. The Bertz CT molecular complexity index is 1380. The van der Waals surface area contributed by atoms with E-state index in [4.69, 9.17) is 21.3 Å². The van der Waals surface area contributed by atoms with Crippen LogP contribution in [-0.4, -0.2) is 50.9 Å². The van der Waals surface area contributed by atoms with Gasteiger partial charge in [0.15, 0.2) is 0 Å². The number of fused-ring (bicyclic) bond motifs is 2. The molecule has 3 aliphatic rings. The molecule has 0 spiro atoms. The zero-order valence-corrected chi connectivity index (χ0v) is 22.2. The van der Waals surface area contributed by atoms with Crippen molar-refractivity contribution >= 4 is 40.3 Å². The van der Waals surface area contributed by atoms with Gasteiger partial charge in [-0.25, -0.2) is 9.19 Å². The van der Waals surface area contributed by atoms with Crippen LogP contribution >= 0.6 is 11.6 Å². The normalized spacial score (nSPS) is 20.2. The summed E-state index contributed by atoms with van der Waals surface area (Å²) in [6, 6.07) is 12.7. The van der Waals surface area contributed by atoms with Gasteiger partial charge in [0.2, 0.25) is 0 Å². The smallest absolute Gasteiger partial charge is 0.253 e. The number of nitrogens with zero attached hydrogens (tertiary/aromatic N) is 3. The van der Waals surface area contributed by atoms with Crippen molar-refractivity contribution in [1.82, 2.24) is 14.9 Å². The van der Waals surface area contributed by atoms with Gasteiger partial charge in [-0.3, -0.25) is 9.10 Å². The fourth-order valence-corrected chi connectivity index (χ4v) is 6.60. The number of carbonyl (C=O) groups excluding carboxylic acids is 1. The molecule has 0 saturated carbocycles. The Morgan fingerprint density at radius 3 is 2.68 bits per heavy atom. The second-order valence-corrected chi connectivity index (χ2v) is 11.5. The summed E-state index contributed by atoms with van der Waals surface area (Å²) >= 11 is 6.05. The number of aromatic nitrogens is 2. The van der Waals surface area contributed by atoms with E-state index < -0.39 is 11.0 Å². The van der Waals surface area contributed by atoms with Gasteiger partial charge in [-0.05, 0) is 67.7 Å². The average molecular weight is 537 g/mol. The third kappa shape index (κ3) is 4.68. The number of piperidine rings is 1. The minimum atomic E-state index is -1.28. The molecule has 2 atom stereocenters. The average Bonchev–Trinajstić information content (AvgIpc) is 3.36. The molecule has 1 aromatic heterocycles. The van der Waals surface area contributed by atoms with Gasteiger partial charge in [-0.1, -0.05) is 29.8 Å². The molecule has 1 aliphatic carbocycles. The molecule has 3 heterocycles. The quantitative estimate of drug-likeness (QED) is 0.492. The largest absolute Gasteiger partial charge is 0.489 e. The first-order valence-electron chi connectivity index (χ1n) is 12.7. The van der Waals surface area contributed by atoms with Gasteiger partial charge in [0.25, 0.3) is 5.91 Å². The number of benzene rings is 2. The number of anilines is 1. The number of aromatic amines is 1. The van der Waals surface area contributed by atoms with Crippen molar-refractivity contribution in [2.24, 2.45) is 0 Å². The lowest BCUT2D eigenvalue weighted by Crippen LogP contribution is -2.39. The number of halogens is 1. The Kier molecular flexibility index (Phi) is 6.55. The summed E-state index contributed by atoms with van der Waals surface area (Å²) in [5, 5.41) is 0.651. The van der Waals surface area contributed by atoms with Gasteiger partial charge in [0.1, 0.15) is 35.2 Å². The number of hydrogen-bond donors (Lipinski definition) is 1. The lowest BCUT2D eigenvalue weighted by molar-refractivity contribution is 0.0710. The van der Waals surface area contributed by atoms with Gasteiger partial charge in [-0.2, -0.15) is 0 Å². The van der Waals surface area contributed by atoms with Crippen LogP contribution in [0.5, 0.6) is 5.75 Å². The van der Waals surface area contributed by atoms with Crippen molar-refractivity contribution in [3.05, 3.63) is 81.9 Å². The summed E-state index contributed by atoms with van der Waals surface area (Å²) in [7, 11) is -1.28. The zero-order chi connectivity index (χ0) is 25.5. The van der Waals surface area contributed by atoms with Crippen molar-refractivity contribution in [2.75, 3.05) is 30.3 Å². The second kappa shape index (κ2) is 9.99. The number of nitrogens with one attached hydrogen (secondary N) is 1. The Balaban J connectivity index is 1.16. The molecule has 6 rings (SSSR count). The third-order valence-corrected chi connectivity index (χ3v) is 8.75. The minimum absolute atomic E-state index is 0.00415. The number of imidazole rings is 1. The highest BCUT2D eigenvalue weighted by Crippen LogP contribution is 2.41. The van der Waals surface area contributed by atoms with E-state index in [0.717, 1.165) is 48.5 Å². The standard InChI is InChI=1S/C28H29ClN4O3S/c1-37(35)33-24-11-8-20(16-26(24)36-17-25(33)18-6-9-21(29)10-7-18)28(34)32-14-12-19(13-15-32)27-30-22-4-2-3-5-23(22)31-27/h2,4,6-11,16,19,25H,3,5,12-15,17H2,1H3,(H,30,31). The first-order chi connectivity index (χ1) is 18.0. The van der Waals surface area contributed by atoms with E-state index in [1.54, 1.807) is 12.3 Å². The molecule has 37 heavy (non-hydrogen) atoms. The van der Waals surface area contributed by atoms with E-state index in [2.05, 4.69) is 17.1 Å². The van der Waals surface area contributed by atoms with Crippen molar-refractivity contribution in [2.45, 2.75) is 37.6 Å². The molecule has 2 aliphatic heterocycles. The van der Waals surface area contributed by atoms with Gasteiger partial charge < -0.3 is 14.6 Å². The Labute approximate surface area is 224 Å². The van der Waals surface area contributed by atoms with Crippen LogP contribution in [0, 0.1) is 0 Å². The maximum atomic E-state index is 13.4. The number of carbonyl (C=O) groups is 1. The Morgan fingerprint density at radius 1 is 1.16 bits per heavy atom. The van der Waals surface area contributed by atoms with Crippen LogP contribution in [0.2, 0.25) is 5.02 Å². The topological polar surface area (TPSA) is 78.5 Å². The number of rotatable bonds is 4. The van der Waals surface area contributed by atoms with Crippen LogP contribution in [0.1, 0.15) is 64.4 Å². The van der Waals surface area contributed by atoms with Crippen LogP contribution in [0.25, 0.3) is 6.08 Å². The van der Waals surface area contributed by atoms with Crippen molar-refractivity contribution in [3.8, 4) is 5.75 Å². The highest BCUT2D eigenvalue weighted by Gasteiger charge is 2.33. The van der Waals surface area contributed by atoms with Crippen LogP contribution in [0.4, 0.5) is 5.69 Å². The van der Waals surface area contributed by atoms with Crippen LogP contribution in [0.3, 0.4) is 0 Å². The Morgan fingerprint density at radius 2 is 1.95 bits per heavy atom. The lowest BCUT2D eigenvalue weighted by atomic mass is 9.95. The molecule has 2 aromatic carbocycles. The molecule has 1 amide bonds. The first kappa shape index (κ1) is 24.2. The highest BCUT2D eigenvalue weighted by molar-refractivity contribution is 7.85. The van der Waals surface area contributed by atoms with E-state index in [0.29, 0.717) is 41.9 Å². The summed E-state index contributed by atoms with van der Waals surface area (Å²) < 4.78 is 20.7. The van der Waals surface area contributed by atoms with Gasteiger partial charge in [0, 0.05) is 41.5 Å². The maximum absolute atomic E-state index is 13.4. The number of H-pyrrole nitrogens is 1. The van der Waals surface area contributed by atoms with E-state index >= 15 is 0 Å². The molecule has 0 radical (unpaired) electrons. The summed E-state index contributed by atoms with van der Waals surface area (Å²) in [5.41, 5.74) is 4.57. The van der Waals surface area contributed by atoms with E-state index in [9.17, 15) is 9.00 Å². The molecule has 9 heteroatoms. The molecule has 1 saturated heterocycles. The molecule has 0 bridgehead atoms. The van der Waals surface area contributed by atoms with Crippen molar-refractivity contribution < 1.29 is 13.7 Å². The van der Waals surface area contributed by atoms with Gasteiger partial charge >= 0.3 is 0 Å². The second-order valence-electron chi connectivity index (χ2n) is 9.80. The first-order valence-corrected chi connectivity index (χ1v) is 14.6. The molecule has 3 aromatic rings. The molecule has 192 valence electrons. The number of aryl methyl sites for hydroxylation is 1. The molecule has 1 fully saturated rings. The van der Waals surface area contributed by atoms with Crippen molar-refractivity contribution in [1.29, 1.82) is 0 Å². The van der Waals surface area contributed by atoms with Gasteiger partial charge in [0.05, 0.1) is 11.4 Å². The lowest BCUT2D eigenvalue weighted by Gasteiger charge is -2.37. The van der Waals surface area contributed by atoms with Crippen LogP contribution < -0.4 is 9.04 Å². The maximum Gasteiger partial charge on any atom is 0.253 e. The Hall–Kier alpha value is -3.10. The monoisotopic (exact) mass is 536 g/mol. The van der Waals surface area contributed by atoms with E-state index in [-0.39, 0.29) is 11.9 Å². The van der Waals surface area contributed by atoms with Crippen LogP contribution in [-0.2, 0) is 17.4 Å². The van der Waals surface area contributed by atoms with Crippen LogP contribution in [0.15, 0.2) is 48.5 Å². The molecule has 2 unspecified atom stereocenters. The number of ether oxygens (including phenoxy) is 1. The highest BCUT2D eigenvalue weighted by atomic mass is 35.5. The van der Waals surface area contributed by atoms with Gasteiger partial charge in [-0.15, -0.1) is 0 Å². The zero-order valence-electron chi connectivity index (χ0n) is 20.7. The summed E-state index contributed by atoms with van der Waals surface area (Å²) in [4.78, 5) is 23.6. The number of hydrogen-bond acceptors (Lipinski definition) is 4. The fraction of sp³-hybridized carbons (Fsp3) is 0.357. The number of allylic oxidation sites excluding steroid dienone is 1. The summed E-state index contributed by atoms with van der Waals surface area (Å²) in [5.74, 6) is 1.97. The summed E-state index contributed by atoms with van der Waals surface area (Å²) in [6.45, 7) is 1.71.